The molecule has 0 saturated heterocycles. The van der Waals surface area contributed by atoms with E-state index in [1.165, 1.54) is 19.3 Å². The fourth-order valence-corrected chi connectivity index (χ4v) is 5.38. The van der Waals surface area contributed by atoms with Gasteiger partial charge in [0.25, 0.3) is 0 Å². The predicted molar refractivity (Wildman–Crippen MR) is 193 cm³/mol. The van der Waals surface area contributed by atoms with Gasteiger partial charge in [0, 0.05) is 12.8 Å². The van der Waals surface area contributed by atoms with E-state index in [1.807, 2.05) is 0 Å². The number of carbonyl (C=O) groups excluding carboxylic acids is 2. The van der Waals surface area contributed by atoms with E-state index in [1.54, 1.807) is 6.92 Å². The van der Waals surface area contributed by atoms with Crippen LogP contribution in [0.25, 0.3) is 0 Å². The molecule has 0 saturated carbocycles. The third-order valence-corrected chi connectivity index (χ3v) is 8.40. The topological polar surface area (TPSA) is 108 Å². The highest BCUT2D eigenvalue weighted by molar-refractivity contribution is 7.47. The van der Waals surface area contributed by atoms with E-state index in [4.69, 9.17) is 18.5 Å². The van der Waals surface area contributed by atoms with Gasteiger partial charge >= 0.3 is 19.8 Å². The van der Waals surface area contributed by atoms with Gasteiger partial charge in [-0.05, 0) is 71.1 Å². The van der Waals surface area contributed by atoms with Gasteiger partial charge in [-0.3, -0.25) is 18.6 Å². The van der Waals surface area contributed by atoms with E-state index in [0.717, 1.165) is 96.3 Å². The van der Waals surface area contributed by atoms with Crippen LogP contribution in [0.5, 0.6) is 0 Å². The largest absolute Gasteiger partial charge is 0.472 e. The van der Waals surface area contributed by atoms with Crippen molar-refractivity contribution < 1.29 is 37.6 Å². The Morgan fingerprint density at radius 2 is 1.06 bits per heavy atom. The molecule has 2 unspecified atom stereocenters. The molecule has 0 aliphatic rings. The molecule has 47 heavy (non-hydrogen) atoms. The van der Waals surface area contributed by atoms with Gasteiger partial charge in [-0.15, -0.1) is 0 Å². The van der Waals surface area contributed by atoms with Crippen molar-refractivity contribution in [2.45, 2.75) is 162 Å². The van der Waals surface area contributed by atoms with Crippen LogP contribution in [0.3, 0.4) is 0 Å². The van der Waals surface area contributed by atoms with E-state index in [0.29, 0.717) is 6.42 Å². The maximum Gasteiger partial charge on any atom is 0.472 e. The second-order valence-electron chi connectivity index (χ2n) is 11.9. The van der Waals surface area contributed by atoms with Crippen LogP contribution in [0.4, 0.5) is 0 Å². The Labute approximate surface area is 287 Å². The minimum Gasteiger partial charge on any atom is -0.462 e. The molecule has 0 aliphatic carbocycles. The molecular weight excluding hydrogens is 615 g/mol. The summed E-state index contributed by atoms with van der Waals surface area (Å²) in [5, 5.41) is 0. The molecular formula is C38H67O8P. The second kappa shape index (κ2) is 33.9. The van der Waals surface area contributed by atoms with Gasteiger partial charge < -0.3 is 14.4 Å². The summed E-state index contributed by atoms with van der Waals surface area (Å²) in [4.78, 5) is 34.5. The predicted octanol–water partition coefficient (Wildman–Crippen LogP) is 11.1. The third kappa shape index (κ3) is 33.7. The maximum atomic E-state index is 12.5. The number of phosphoric ester groups is 1. The SMILES string of the molecule is CCC/C=C\C/C=C\CCCCCCCC(=O)OCC(COP(=O)(O)OCC)OC(=O)CCCCCCC/C=C\C/C=C\CCCC. The Morgan fingerprint density at radius 3 is 1.60 bits per heavy atom. The van der Waals surface area contributed by atoms with Crippen LogP contribution in [-0.4, -0.2) is 42.8 Å². The van der Waals surface area contributed by atoms with Gasteiger partial charge in [0.1, 0.15) is 6.61 Å². The lowest BCUT2D eigenvalue weighted by molar-refractivity contribution is -0.161. The first-order valence-corrected chi connectivity index (χ1v) is 19.9. The lowest BCUT2D eigenvalue weighted by atomic mass is 10.1. The smallest absolute Gasteiger partial charge is 0.462 e. The number of esters is 2. The molecule has 0 rings (SSSR count). The molecule has 2 atom stereocenters. The first kappa shape index (κ1) is 45.0. The van der Waals surface area contributed by atoms with E-state index in [-0.39, 0.29) is 32.0 Å². The number of hydrogen-bond donors (Lipinski definition) is 1. The number of unbranched alkanes of at least 4 members (excludes halogenated alkanes) is 13. The summed E-state index contributed by atoms with van der Waals surface area (Å²) in [6, 6.07) is 0. The van der Waals surface area contributed by atoms with Gasteiger partial charge in [0.2, 0.25) is 0 Å². The Kier molecular flexibility index (Phi) is 32.5. The van der Waals surface area contributed by atoms with Gasteiger partial charge in [-0.25, -0.2) is 4.57 Å². The second-order valence-corrected chi connectivity index (χ2v) is 13.3. The summed E-state index contributed by atoms with van der Waals surface area (Å²) in [6.45, 7) is 5.31. The molecule has 0 radical (unpaired) electrons. The monoisotopic (exact) mass is 682 g/mol. The summed E-state index contributed by atoms with van der Waals surface area (Å²) in [5.74, 6) is -0.836. The van der Waals surface area contributed by atoms with Crippen molar-refractivity contribution in [1.29, 1.82) is 0 Å². The molecule has 0 amide bonds. The number of rotatable bonds is 33. The van der Waals surface area contributed by atoms with E-state index in [9.17, 15) is 19.0 Å². The molecule has 0 aliphatic heterocycles. The standard InChI is InChI=1S/C38H67O8P/c1-4-7-9-11-13-15-17-19-21-23-25-27-29-31-33-38(40)46-36(35-45-47(41,42)44-6-3)34-43-37(39)32-30-28-26-24-22-20-18-16-14-12-10-8-5-2/h10-13,16-19,36H,4-9,14-15,20-35H2,1-3H3,(H,41,42)/b12-10-,13-11-,18-16-,19-17-. The minimum absolute atomic E-state index is 0.00655. The third-order valence-electron chi connectivity index (χ3n) is 7.34. The molecule has 0 bridgehead atoms. The van der Waals surface area contributed by atoms with Crippen molar-refractivity contribution >= 4 is 19.8 Å². The zero-order valence-corrected chi connectivity index (χ0v) is 30.8. The van der Waals surface area contributed by atoms with Crippen molar-refractivity contribution in [3.8, 4) is 0 Å². The zero-order chi connectivity index (χ0) is 34.7. The first-order valence-electron chi connectivity index (χ1n) is 18.4. The van der Waals surface area contributed by atoms with Gasteiger partial charge in [-0.1, -0.05) is 120 Å². The van der Waals surface area contributed by atoms with E-state index < -0.39 is 26.5 Å². The van der Waals surface area contributed by atoms with Crippen molar-refractivity contribution in [2.75, 3.05) is 19.8 Å². The summed E-state index contributed by atoms with van der Waals surface area (Å²) in [5.41, 5.74) is 0. The fraction of sp³-hybridized carbons (Fsp3) is 0.737. The number of carbonyl (C=O) groups is 2. The zero-order valence-electron chi connectivity index (χ0n) is 29.9. The summed E-state index contributed by atoms with van der Waals surface area (Å²) in [6.07, 6.45) is 37.3. The molecule has 9 heteroatoms. The molecule has 8 nitrogen and oxygen atoms in total. The van der Waals surface area contributed by atoms with Crippen molar-refractivity contribution in [2.24, 2.45) is 0 Å². The molecule has 0 aromatic carbocycles. The maximum absolute atomic E-state index is 12.5. The molecule has 0 aromatic rings. The average molecular weight is 683 g/mol. The van der Waals surface area contributed by atoms with Crippen LogP contribution in [-0.2, 0) is 32.7 Å². The highest BCUT2D eigenvalue weighted by Crippen LogP contribution is 2.43. The van der Waals surface area contributed by atoms with Crippen LogP contribution < -0.4 is 0 Å². The number of allylic oxidation sites excluding steroid dienone is 8. The Hall–Kier alpha value is -1.99. The molecule has 0 aromatic heterocycles. The molecule has 272 valence electrons. The number of hydrogen-bond acceptors (Lipinski definition) is 7. The van der Waals surface area contributed by atoms with Gasteiger partial charge in [0.05, 0.1) is 13.2 Å². The van der Waals surface area contributed by atoms with E-state index >= 15 is 0 Å². The summed E-state index contributed by atoms with van der Waals surface area (Å²) < 4.78 is 32.5. The first-order chi connectivity index (χ1) is 22.8. The summed E-state index contributed by atoms with van der Waals surface area (Å²) in [7, 11) is -4.28. The van der Waals surface area contributed by atoms with Crippen LogP contribution in [0.15, 0.2) is 48.6 Å². The van der Waals surface area contributed by atoms with Crippen molar-refractivity contribution in [3.63, 3.8) is 0 Å². The van der Waals surface area contributed by atoms with Crippen molar-refractivity contribution in [3.05, 3.63) is 48.6 Å². The molecule has 0 spiro atoms. The fourth-order valence-electron chi connectivity index (χ4n) is 4.62. The van der Waals surface area contributed by atoms with Gasteiger partial charge in [0.15, 0.2) is 6.10 Å². The molecule has 1 N–H and O–H groups in total. The normalized spacial score (nSPS) is 14.0. The highest BCUT2D eigenvalue weighted by atomic mass is 31.2. The van der Waals surface area contributed by atoms with Gasteiger partial charge in [-0.2, -0.15) is 0 Å². The minimum atomic E-state index is -4.28. The summed E-state index contributed by atoms with van der Waals surface area (Å²) >= 11 is 0. The Morgan fingerprint density at radius 1 is 0.574 bits per heavy atom. The Balaban J connectivity index is 4.23. The number of ether oxygens (including phenoxy) is 2. The lowest BCUT2D eigenvalue weighted by Gasteiger charge is -2.19. The van der Waals surface area contributed by atoms with Crippen LogP contribution in [0, 0.1) is 0 Å². The Bertz CT molecular complexity index is 911. The number of phosphoric acid groups is 1. The average Bonchev–Trinajstić information content (AvgIpc) is 3.04. The van der Waals surface area contributed by atoms with E-state index in [2.05, 4.69) is 62.5 Å². The van der Waals surface area contributed by atoms with Crippen LogP contribution >= 0.6 is 7.82 Å². The van der Waals surface area contributed by atoms with Crippen LogP contribution in [0.1, 0.15) is 156 Å². The highest BCUT2D eigenvalue weighted by Gasteiger charge is 2.25. The quantitative estimate of drug-likeness (QED) is 0.0315. The molecule has 0 fully saturated rings. The lowest BCUT2D eigenvalue weighted by Crippen LogP contribution is -2.29. The van der Waals surface area contributed by atoms with Crippen LogP contribution in [0.2, 0.25) is 0 Å². The van der Waals surface area contributed by atoms with Crippen molar-refractivity contribution in [1.82, 2.24) is 0 Å². The molecule has 0 heterocycles.